The number of esters is 1. The highest BCUT2D eigenvalue weighted by Crippen LogP contribution is 1.91. The van der Waals surface area contributed by atoms with Gasteiger partial charge in [0.15, 0.2) is 0 Å². The topological polar surface area (TPSA) is 46.6 Å². The van der Waals surface area contributed by atoms with E-state index in [4.69, 9.17) is 0 Å². The predicted octanol–water partition coefficient (Wildman–Crippen LogP) is 0.665. The zero-order valence-corrected chi connectivity index (χ0v) is 6.73. The molecule has 0 bridgehead atoms. The highest BCUT2D eigenvalue weighted by atomic mass is 16.5. The summed E-state index contributed by atoms with van der Waals surface area (Å²) in [7, 11) is 0. The van der Waals surface area contributed by atoms with Crippen LogP contribution >= 0.6 is 0 Å². The molecule has 0 aromatic carbocycles. The van der Waals surface area contributed by atoms with Gasteiger partial charge in [0.05, 0.1) is 12.7 Å². The van der Waals surface area contributed by atoms with E-state index in [1.807, 2.05) is 0 Å². The maximum absolute atomic E-state index is 10.7. The summed E-state index contributed by atoms with van der Waals surface area (Å²) in [6.45, 7) is 6.88. The minimum Gasteiger partial charge on any atom is -0.435 e. The molecule has 0 aliphatic heterocycles. The number of hydrogen-bond acceptors (Lipinski definition) is 3. The van der Waals surface area contributed by atoms with Crippen molar-refractivity contribution in [3.8, 4) is 0 Å². The van der Waals surface area contributed by atoms with Crippen LogP contribution in [0.1, 0.15) is 6.42 Å². The predicted molar refractivity (Wildman–Crippen MR) is 43.9 cm³/mol. The first-order chi connectivity index (χ1) is 5.74. The lowest BCUT2D eigenvalue weighted by atomic mass is 10.4. The van der Waals surface area contributed by atoms with E-state index in [0.29, 0.717) is 6.41 Å². The summed E-state index contributed by atoms with van der Waals surface area (Å²) in [5.74, 6) is -0.418. The standard InChI is InChI=1S/C8H11NO3/c1-3-9(7-10)6-5-8(11)12-4-2/h3-4,7H,1-2,5-6H2. The van der Waals surface area contributed by atoms with E-state index in [0.717, 1.165) is 6.26 Å². The zero-order valence-electron chi connectivity index (χ0n) is 6.73. The SMILES string of the molecule is C=COC(=O)CCN(C=C)C=O. The lowest BCUT2D eigenvalue weighted by Crippen LogP contribution is -2.18. The third-order valence-corrected chi connectivity index (χ3v) is 1.16. The van der Waals surface area contributed by atoms with Crippen molar-refractivity contribution in [3.05, 3.63) is 25.6 Å². The minimum absolute atomic E-state index is 0.136. The Morgan fingerprint density at radius 3 is 2.58 bits per heavy atom. The Hall–Kier alpha value is -1.58. The molecular formula is C8H11NO3. The fraction of sp³-hybridized carbons (Fsp3) is 0.250. The second kappa shape index (κ2) is 6.15. The van der Waals surface area contributed by atoms with E-state index in [1.165, 1.54) is 11.1 Å². The number of nitrogens with zero attached hydrogens (tertiary/aromatic N) is 1. The van der Waals surface area contributed by atoms with Crippen molar-refractivity contribution < 1.29 is 14.3 Å². The van der Waals surface area contributed by atoms with Gasteiger partial charge in [-0.2, -0.15) is 0 Å². The smallest absolute Gasteiger partial charge is 0.312 e. The fourth-order valence-corrected chi connectivity index (χ4v) is 0.559. The molecule has 4 nitrogen and oxygen atoms in total. The van der Waals surface area contributed by atoms with Gasteiger partial charge in [-0.3, -0.25) is 9.59 Å². The van der Waals surface area contributed by atoms with Crippen LogP contribution in [0.3, 0.4) is 0 Å². The van der Waals surface area contributed by atoms with Gasteiger partial charge < -0.3 is 9.64 Å². The molecule has 0 aliphatic carbocycles. The number of carbonyl (C=O) groups excluding carboxylic acids is 2. The molecule has 0 unspecified atom stereocenters. The van der Waals surface area contributed by atoms with Crippen molar-refractivity contribution in [2.24, 2.45) is 0 Å². The molecule has 0 N–H and O–H groups in total. The van der Waals surface area contributed by atoms with Crippen molar-refractivity contribution in [1.29, 1.82) is 0 Å². The van der Waals surface area contributed by atoms with Crippen LogP contribution in [0.25, 0.3) is 0 Å². The highest BCUT2D eigenvalue weighted by molar-refractivity contribution is 5.70. The molecule has 0 rings (SSSR count). The molecule has 0 saturated heterocycles. The van der Waals surface area contributed by atoms with Crippen molar-refractivity contribution in [1.82, 2.24) is 4.90 Å². The lowest BCUT2D eigenvalue weighted by molar-refractivity contribution is -0.138. The van der Waals surface area contributed by atoms with Crippen molar-refractivity contribution in [2.45, 2.75) is 6.42 Å². The molecule has 12 heavy (non-hydrogen) atoms. The first-order valence-corrected chi connectivity index (χ1v) is 3.38. The summed E-state index contributed by atoms with van der Waals surface area (Å²) in [4.78, 5) is 22.2. The Bertz CT molecular complexity index is 181. The van der Waals surface area contributed by atoms with Gasteiger partial charge in [0.1, 0.15) is 0 Å². The molecule has 0 aliphatic rings. The van der Waals surface area contributed by atoms with Gasteiger partial charge in [0, 0.05) is 6.54 Å². The molecule has 4 heteroatoms. The molecule has 0 radical (unpaired) electrons. The number of ether oxygens (including phenoxy) is 1. The maximum atomic E-state index is 10.7. The maximum Gasteiger partial charge on any atom is 0.312 e. The second-order valence-corrected chi connectivity index (χ2v) is 1.93. The van der Waals surface area contributed by atoms with Crippen LogP contribution in [-0.2, 0) is 14.3 Å². The average Bonchev–Trinajstić information content (AvgIpc) is 2.07. The van der Waals surface area contributed by atoms with Crippen molar-refractivity contribution in [2.75, 3.05) is 6.54 Å². The third kappa shape index (κ3) is 4.27. The van der Waals surface area contributed by atoms with E-state index >= 15 is 0 Å². The number of hydrogen-bond donors (Lipinski definition) is 0. The van der Waals surface area contributed by atoms with Crippen LogP contribution in [0.15, 0.2) is 25.6 Å². The van der Waals surface area contributed by atoms with Gasteiger partial charge in [-0.05, 0) is 6.20 Å². The first-order valence-electron chi connectivity index (χ1n) is 3.38. The zero-order chi connectivity index (χ0) is 9.40. The molecule has 0 heterocycles. The number of rotatable bonds is 6. The van der Waals surface area contributed by atoms with Crippen LogP contribution in [0.5, 0.6) is 0 Å². The van der Waals surface area contributed by atoms with Crippen LogP contribution < -0.4 is 0 Å². The van der Waals surface area contributed by atoms with E-state index in [9.17, 15) is 9.59 Å². The lowest BCUT2D eigenvalue weighted by Gasteiger charge is -2.09. The Kier molecular flexibility index (Phi) is 5.34. The normalized spacial score (nSPS) is 8.33. The molecule has 66 valence electrons. The van der Waals surface area contributed by atoms with Gasteiger partial charge in [0.25, 0.3) is 0 Å². The van der Waals surface area contributed by atoms with Crippen LogP contribution in [0.4, 0.5) is 0 Å². The Morgan fingerprint density at radius 1 is 1.50 bits per heavy atom. The third-order valence-electron chi connectivity index (χ3n) is 1.16. The first kappa shape index (κ1) is 10.4. The fourth-order valence-electron chi connectivity index (χ4n) is 0.559. The van der Waals surface area contributed by atoms with Crippen molar-refractivity contribution >= 4 is 12.4 Å². The molecule has 0 aromatic heterocycles. The minimum atomic E-state index is -0.418. The monoisotopic (exact) mass is 169 g/mol. The summed E-state index contributed by atoms with van der Waals surface area (Å²) in [6, 6.07) is 0. The van der Waals surface area contributed by atoms with E-state index in [-0.39, 0.29) is 13.0 Å². The van der Waals surface area contributed by atoms with E-state index in [2.05, 4.69) is 17.9 Å². The molecule has 0 saturated carbocycles. The quantitative estimate of drug-likeness (QED) is 0.333. The Labute approximate surface area is 71.1 Å². The molecule has 0 aromatic rings. The highest BCUT2D eigenvalue weighted by Gasteiger charge is 2.02. The Morgan fingerprint density at radius 2 is 2.17 bits per heavy atom. The summed E-state index contributed by atoms with van der Waals surface area (Å²) in [5.41, 5.74) is 0. The van der Waals surface area contributed by atoms with Crippen LogP contribution in [0, 0.1) is 0 Å². The summed E-state index contributed by atoms with van der Waals surface area (Å²) >= 11 is 0. The summed E-state index contributed by atoms with van der Waals surface area (Å²) in [5, 5.41) is 0. The molecule has 0 fully saturated rings. The van der Waals surface area contributed by atoms with E-state index < -0.39 is 5.97 Å². The second-order valence-electron chi connectivity index (χ2n) is 1.93. The van der Waals surface area contributed by atoms with Crippen LogP contribution in [0.2, 0.25) is 0 Å². The largest absolute Gasteiger partial charge is 0.435 e. The van der Waals surface area contributed by atoms with Crippen LogP contribution in [-0.4, -0.2) is 23.8 Å². The summed E-state index contributed by atoms with van der Waals surface area (Å²) in [6.07, 6.45) is 3.13. The van der Waals surface area contributed by atoms with Gasteiger partial charge in [-0.15, -0.1) is 0 Å². The molecule has 1 amide bonds. The number of carbonyl (C=O) groups is 2. The van der Waals surface area contributed by atoms with Gasteiger partial charge in [-0.25, -0.2) is 0 Å². The average molecular weight is 169 g/mol. The Balaban J connectivity index is 3.64. The van der Waals surface area contributed by atoms with E-state index in [1.54, 1.807) is 0 Å². The van der Waals surface area contributed by atoms with Gasteiger partial charge in [0.2, 0.25) is 6.41 Å². The number of amides is 1. The molecule has 0 spiro atoms. The van der Waals surface area contributed by atoms with Crippen molar-refractivity contribution in [3.63, 3.8) is 0 Å². The molecule has 0 atom stereocenters. The summed E-state index contributed by atoms with van der Waals surface area (Å²) < 4.78 is 4.43. The van der Waals surface area contributed by atoms with Gasteiger partial charge in [-0.1, -0.05) is 13.2 Å². The molecular weight excluding hydrogens is 158 g/mol. The van der Waals surface area contributed by atoms with Gasteiger partial charge >= 0.3 is 5.97 Å².